The van der Waals surface area contributed by atoms with Crippen LogP contribution in [0.2, 0.25) is 0 Å². The maximum Gasteiger partial charge on any atom is 0.260 e. The molecule has 0 radical (unpaired) electrons. The molecule has 3 aliphatic rings. The molecule has 2 aromatic heterocycles. The summed E-state index contributed by atoms with van der Waals surface area (Å²) in [4.78, 5) is 9.24. The van der Waals surface area contributed by atoms with E-state index in [1.54, 1.807) is 0 Å². The Morgan fingerprint density at radius 3 is 2.89 bits per heavy atom. The van der Waals surface area contributed by atoms with E-state index in [9.17, 15) is 8.78 Å². The Labute approximate surface area is 163 Å². The second kappa shape index (κ2) is 6.91. The van der Waals surface area contributed by atoms with Gasteiger partial charge in [0, 0.05) is 56.1 Å². The molecule has 2 fully saturated rings. The minimum Gasteiger partial charge on any atom is -0.355 e. The van der Waals surface area contributed by atoms with Crippen molar-refractivity contribution in [1.82, 2.24) is 24.8 Å². The van der Waals surface area contributed by atoms with E-state index in [4.69, 9.17) is 4.98 Å². The van der Waals surface area contributed by atoms with Gasteiger partial charge in [-0.3, -0.25) is 4.90 Å². The number of hydrogen-bond acceptors (Lipinski definition) is 5. The monoisotopic (exact) mass is 390 g/mol. The standard InChI is InChI=1S/C20H28F2N6/c1-14-9-24-28-18(14)25-17-4-7-23-6-3-16(17)19(28)27-11-15(12-27)10-26-8-2-5-20(21,22)13-26/h9,15,23H,2-8,10-13H2,1H3. The summed E-state index contributed by atoms with van der Waals surface area (Å²) in [5, 5.41) is 8.06. The van der Waals surface area contributed by atoms with Crippen LogP contribution in [0.1, 0.15) is 29.7 Å². The molecule has 5 heterocycles. The second-order valence-corrected chi connectivity index (χ2v) is 8.64. The third kappa shape index (κ3) is 3.26. The number of aryl methyl sites for hydroxylation is 1. The van der Waals surface area contributed by atoms with Crippen LogP contribution < -0.4 is 10.2 Å². The molecule has 152 valence electrons. The molecule has 2 aromatic rings. The first-order valence-electron chi connectivity index (χ1n) is 10.4. The number of nitrogens with zero attached hydrogens (tertiary/aromatic N) is 5. The molecular formula is C20H28F2N6. The smallest absolute Gasteiger partial charge is 0.260 e. The van der Waals surface area contributed by atoms with Gasteiger partial charge in [0.15, 0.2) is 5.65 Å². The molecular weight excluding hydrogens is 362 g/mol. The molecule has 0 aromatic carbocycles. The van der Waals surface area contributed by atoms with Gasteiger partial charge in [0.05, 0.1) is 18.4 Å². The molecule has 0 amide bonds. The van der Waals surface area contributed by atoms with Crippen molar-refractivity contribution < 1.29 is 8.78 Å². The van der Waals surface area contributed by atoms with Crippen LogP contribution in [-0.4, -0.2) is 71.2 Å². The van der Waals surface area contributed by atoms with Crippen LogP contribution in [0.3, 0.4) is 0 Å². The van der Waals surface area contributed by atoms with Gasteiger partial charge in [0.1, 0.15) is 5.82 Å². The van der Waals surface area contributed by atoms with Gasteiger partial charge in [-0.25, -0.2) is 13.8 Å². The minimum absolute atomic E-state index is 0.0358. The number of aromatic nitrogens is 3. The molecule has 0 unspecified atom stereocenters. The van der Waals surface area contributed by atoms with Gasteiger partial charge in [0.25, 0.3) is 5.92 Å². The first kappa shape index (κ1) is 18.2. The zero-order valence-electron chi connectivity index (χ0n) is 16.4. The zero-order chi connectivity index (χ0) is 19.3. The van der Waals surface area contributed by atoms with E-state index in [-0.39, 0.29) is 13.0 Å². The van der Waals surface area contributed by atoms with Crippen LogP contribution in [0.25, 0.3) is 5.65 Å². The van der Waals surface area contributed by atoms with Gasteiger partial charge in [-0.05, 0) is 32.9 Å². The van der Waals surface area contributed by atoms with Crippen LogP contribution in [0.4, 0.5) is 14.6 Å². The van der Waals surface area contributed by atoms with Crippen molar-refractivity contribution in [3.8, 4) is 0 Å². The van der Waals surface area contributed by atoms with Crippen molar-refractivity contribution in [2.24, 2.45) is 5.92 Å². The fraction of sp³-hybridized carbons (Fsp3) is 0.700. The van der Waals surface area contributed by atoms with Gasteiger partial charge in [0.2, 0.25) is 0 Å². The lowest BCUT2D eigenvalue weighted by molar-refractivity contribution is -0.0677. The molecule has 0 saturated carbocycles. The molecule has 0 bridgehead atoms. The van der Waals surface area contributed by atoms with Gasteiger partial charge < -0.3 is 10.2 Å². The summed E-state index contributed by atoms with van der Waals surface area (Å²) in [6.45, 7) is 7.24. The first-order valence-corrected chi connectivity index (χ1v) is 10.4. The van der Waals surface area contributed by atoms with Gasteiger partial charge in [-0.15, -0.1) is 0 Å². The van der Waals surface area contributed by atoms with E-state index in [2.05, 4.69) is 22.2 Å². The summed E-state index contributed by atoms with van der Waals surface area (Å²) in [5.74, 6) is -0.916. The Kier molecular flexibility index (Phi) is 4.50. The maximum atomic E-state index is 13.7. The Hall–Kier alpha value is -1.80. The molecule has 0 atom stereocenters. The van der Waals surface area contributed by atoms with Crippen molar-refractivity contribution in [1.29, 1.82) is 0 Å². The number of piperidine rings is 1. The summed E-state index contributed by atoms with van der Waals surface area (Å²) >= 11 is 0. The number of anilines is 1. The Balaban J connectivity index is 1.36. The van der Waals surface area contributed by atoms with Crippen LogP contribution >= 0.6 is 0 Å². The predicted octanol–water partition coefficient (Wildman–Crippen LogP) is 1.89. The first-order chi connectivity index (χ1) is 13.5. The molecule has 0 aliphatic carbocycles. The summed E-state index contributed by atoms with van der Waals surface area (Å²) < 4.78 is 29.4. The van der Waals surface area contributed by atoms with E-state index in [0.29, 0.717) is 12.3 Å². The molecule has 3 aliphatic heterocycles. The number of nitrogens with one attached hydrogen (secondary N) is 1. The highest BCUT2D eigenvalue weighted by atomic mass is 19.3. The van der Waals surface area contributed by atoms with Crippen molar-refractivity contribution in [2.75, 3.05) is 50.7 Å². The van der Waals surface area contributed by atoms with E-state index in [1.807, 2.05) is 15.6 Å². The molecule has 2 saturated heterocycles. The van der Waals surface area contributed by atoms with Gasteiger partial charge >= 0.3 is 0 Å². The largest absolute Gasteiger partial charge is 0.355 e. The average Bonchev–Trinajstić information content (AvgIpc) is 2.83. The quantitative estimate of drug-likeness (QED) is 0.868. The Morgan fingerprint density at radius 1 is 1.25 bits per heavy atom. The van der Waals surface area contributed by atoms with E-state index >= 15 is 0 Å². The van der Waals surface area contributed by atoms with E-state index in [0.717, 1.165) is 69.1 Å². The average molecular weight is 390 g/mol. The van der Waals surface area contributed by atoms with Crippen molar-refractivity contribution in [2.45, 2.75) is 38.5 Å². The topological polar surface area (TPSA) is 48.7 Å². The summed E-state index contributed by atoms with van der Waals surface area (Å²) in [7, 11) is 0. The van der Waals surface area contributed by atoms with Crippen LogP contribution in [0, 0.1) is 12.8 Å². The third-order valence-electron chi connectivity index (χ3n) is 6.32. The number of halogens is 2. The summed E-state index contributed by atoms with van der Waals surface area (Å²) in [6.07, 6.45) is 4.40. The zero-order valence-corrected chi connectivity index (χ0v) is 16.4. The highest BCUT2D eigenvalue weighted by Crippen LogP contribution is 2.33. The maximum absolute atomic E-state index is 13.7. The number of hydrogen-bond donors (Lipinski definition) is 1. The van der Waals surface area contributed by atoms with Crippen LogP contribution in [-0.2, 0) is 12.8 Å². The SMILES string of the molecule is Cc1cnn2c(N3CC(CN4CCCC(F)(F)C4)C3)c3c(nc12)CCNCC3. The number of rotatable bonds is 3. The predicted molar refractivity (Wildman–Crippen MR) is 104 cm³/mol. The lowest BCUT2D eigenvalue weighted by Gasteiger charge is -2.45. The molecule has 1 N–H and O–H groups in total. The number of fused-ring (bicyclic) bond motifs is 2. The lowest BCUT2D eigenvalue weighted by atomic mass is 9.96. The third-order valence-corrected chi connectivity index (χ3v) is 6.32. The normalized spacial score (nSPS) is 23.5. The van der Waals surface area contributed by atoms with Crippen molar-refractivity contribution >= 4 is 11.5 Å². The Morgan fingerprint density at radius 2 is 2.07 bits per heavy atom. The van der Waals surface area contributed by atoms with Gasteiger partial charge in [-0.1, -0.05) is 0 Å². The van der Waals surface area contributed by atoms with Crippen molar-refractivity contribution in [3.05, 3.63) is 23.0 Å². The molecule has 5 rings (SSSR count). The minimum atomic E-state index is -2.52. The number of alkyl halides is 2. The molecule has 28 heavy (non-hydrogen) atoms. The molecule has 0 spiro atoms. The van der Waals surface area contributed by atoms with Crippen LogP contribution in [0.5, 0.6) is 0 Å². The van der Waals surface area contributed by atoms with Crippen LogP contribution in [0.15, 0.2) is 6.20 Å². The fourth-order valence-corrected chi connectivity index (χ4v) is 4.93. The molecule has 8 heteroatoms. The van der Waals surface area contributed by atoms with E-state index < -0.39 is 5.92 Å². The van der Waals surface area contributed by atoms with Gasteiger partial charge in [-0.2, -0.15) is 9.61 Å². The summed E-state index contributed by atoms with van der Waals surface area (Å²) in [5.41, 5.74) is 4.50. The lowest BCUT2D eigenvalue weighted by Crippen LogP contribution is -2.55. The van der Waals surface area contributed by atoms with E-state index in [1.165, 1.54) is 11.3 Å². The highest BCUT2D eigenvalue weighted by Gasteiger charge is 2.38. The number of likely N-dealkylation sites (tertiary alicyclic amines) is 1. The summed E-state index contributed by atoms with van der Waals surface area (Å²) in [6, 6.07) is 0. The molecule has 6 nitrogen and oxygen atoms in total. The highest BCUT2D eigenvalue weighted by molar-refractivity contribution is 5.61. The fourth-order valence-electron chi connectivity index (χ4n) is 4.93. The Bertz CT molecular complexity index is 873. The second-order valence-electron chi connectivity index (χ2n) is 8.64. The van der Waals surface area contributed by atoms with Crippen molar-refractivity contribution in [3.63, 3.8) is 0 Å².